The van der Waals surface area contributed by atoms with Crippen LogP contribution < -0.4 is 10.2 Å². The Morgan fingerprint density at radius 2 is 1.90 bits per heavy atom. The van der Waals surface area contributed by atoms with Crippen LogP contribution in [0.1, 0.15) is 50.5 Å². The van der Waals surface area contributed by atoms with Crippen LogP contribution >= 0.6 is 0 Å². The number of halogens is 1. The predicted molar refractivity (Wildman–Crippen MR) is 81.5 cm³/mol. The summed E-state index contributed by atoms with van der Waals surface area (Å²) < 4.78 is 14.1. The lowest BCUT2D eigenvalue weighted by Gasteiger charge is -2.33. The van der Waals surface area contributed by atoms with E-state index in [1.807, 2.05) is 19.2 Å². The van der Waals surface area contributed by atoms with Crippen molar-refractivity contribution in [1.82, 2.24) is 5.32 Å². The fraction of sp³-hybridized carbons (Fsp3) is 0.647. The summed E-state index contributed by atoms with van der Waals surface area (Å²) in [5.41, 5.74) is 1.96. The van der Waals surface area contributed by atoms with Crippen molar-refractivity contribution in [3.63, 3.8) is 0 Å². The highest BCUT2D eigenvalue weighted by Crippen LogP contribution is 2.29. The lowest BCUT2D eigenvalue weighted by atomic mass is 9.94. The van der Waals surface area contributed by atoms with Gasteiger partial charge in [-0.25, -0.2) is 4.39 Å². The number of hydrogen-bond donors (Lipinski definition) is 1. The number of nitrogens with zero attached hydrogens (tertiary/aromatic N) is 1. The molecule has 2 aliphatic carbocycles. The quantitative estimate of drug-likeness (QED) is 0.879. The Bertz CT molecular complexity index is 450. The molecule has 1 aromatic carbocycles. The first-order valence-corrected chi connectivity index (χ1v) is 7.98. The van der Waals surface area contributed by atoms with Gasteiger partial charge in [0.15, 0.2) is 0 Å². The van der Waals surface area contributed by atoms with E-state index in [4.69, 9.17) is 0 Å². The molecule has 0 saturated heterocycles. The molecule has 3 heteroatoms. The monoisotopic (exact) mass is 276 g/mol. The zero-order chi connectivity index (χ0) is 13.9. The van der Waals surface area contributed by atoms with Crippen LogP contribution in [0, 0.1) is 5.82 Å². The van der Waals surface area contributed by atoms with E-state index < -0.39 is 0 Å². The molecular weight excluding hydrogens is 251 g/mol. The van der Waals surface area contributed by atoms with E-state index in [2.05, 4.69) is 10.2 Å². The average molecular weight is 276 g/mol. The molecule has 2 aliphatic rings. The topological polar surface area (TPSA) is 15.3 Å². The van der Waals surface area contributed by atoms with Gasteiger partial charge in [-0.2, -0.15) is 0 Å². The summed E-state index contributed by atoms with van der Waals surface area (Å²) in [6.07, 6.45) is 8.85. The van der Waals surface area contributed by atoms with Crippen molar-refractivity contribution in [2.45, 2.75) is 63.6 Å². The van der Waals surface area contributed by atoms with E-state index in [-0.39, 0.29) is 5.82 Å². The van der Waals surface area contributed by atoms with Crippen molar-refractivity contribution in [1.29, 1.82) is 0 Å². The Labute approximate surface area is 121 Å². The zero-order valence-electron chi connectivity index (χ0n) is 12.4. The van der Waals surface area contributed by atoms with Crippen LogP contribution in [0.25, 0.3) is 0 Å². The molecule has 0 heterocycles. The van der Waals surface area contributed by atoms with Gasteiger partial charge in [0.2, 0.25) is 0 Å². The molecule has 2 saturated carbocycles. The maximum Gasteiger partial charge on any atom is 0.146 e. The van der Waals surface area contributed by atoms with Crippen molar-refractivity contribution in [2.75, 3.05) is 11.9 Å². The molecule has 1 aromatic rings. The van der Waals surface area contributed by atoms with Gasteiger partial charge in [-0.1, -0.05) is 25.3 Å². The van der Waals surface area contributed by atoms with E-state index in [0.717, 1.165) is 12.2 Å². The highest BCUT2D eigenvalue weighted by Gasteiger charge is 2.22. The largest absolute Gasteiger partial charge is 0.369 e. The first-order chi connectivity index (χ1) is 9.74. The van der Waals surface area contributed by atoms with E-state index in [1.54, 1.807) is 6.07 Å². The van der Waals surface area contributed by atoms with Gasteiger partial charge in [0.05, 0.1) is 5.69 Å². The normalized spacial score (nSPS) is 20.1. The number of rotatable bonds is 5. The fourth-order valence-corrected chi connectivity index (χ4v) is 3.15. The molecule has 0 atom stereocenters. The third-order valence-corrected chi connectivity index (χ3v) is 4.69. The summed E-state index contributed by atoms with van der Waals surface area (Å²) in [7, 11) is 2.05. The molecule has 110 valence electrons. The van der Waals surface area contributed by atoms with Gasteiger partial charge in [0, 0.05) is 25.7 Å². The van der Waals surface area contributed by atoms with Gasteiger partial charge in [-0.05, 0) is 43.4 Å². The molecule has 20 heavy (non-hydrogen) atoms. The smallest absolute Gasteiger partial charge is 0.146 e. The van der Waals surface area contributed by atoms with E-state index in [1.165, 1.54) is 50.5 Å². The lowest BCUT2D eigenvalue weighted by Crippen LogP contribution is -2.34. The minimum absolute atomic E-state index is 0.0896. The van der Waals surface area contributed by atoms with Crippen LogP contribution in [0.4, 0.5) is 10.1 Å². The molecule has 0 amide bonds. The van der Waals surface area contributed by atoms with Gasteiger partial charge in [0.25, 0.3) is 0 Å². The Morgan fingerprint density at radius 1 is 1.15 bits per heavy atom. The highest BCUT2D eigenvalue weighted by atomic mass is 19.1. The van der Waals surface area contributed by atoms with Crippen LogP contribution in [-0.2, 0) is 6.54 Å². The molecule has 3 rings (SSSR count). The molecule has 0 spiro atoms. The maximum atomic E-state index is 14.1. The Balaban J connectivity index is 1.70. The van der Waals surface area contributed by atoms with E-state index >= 15 is 0 Å². The van der Waals surface area contributed by atoms with Crippen LogP contribution in [0.15, 0.2) is 18.2 Å². The lowest BCUT2D eigenvalue weighted by molar-refractivity contribution is 0.424. The van der Waals surface area contributed by atoms with Gasteiger partial charge in [0.1, 0.15) is 5.82 Å². The second-order valence-electron chi connectivity index (χ2n) is 6.34. The van der Waals surface area contributed by atoms with E-state index in [0.29, 0.717) is 12.1 Å². The molecule has 0 bridgehead atoms. The summed E-state index contributed by atoms with van der Waals surface area (Å²) in [6.45, 7) is 0.858. The highest BCUT2D eigenvalue weighted by molar-refractivity contribution is 5.50. The van der Waals surface area contributed by atoms with Crippen molar-refractivity contribution in [3.8, 4) is 0 Å². The SMILES string of the molecule is CN(c1cc(CNC2CC2)ccc1F)C1CCCCC1. The molecule has 0 radical (unpaired) electrons. The molecule has 0 aliphatic heterocycles. The van der Waals surface area contributed by atoms with Crippen LogP contribution in [0.3, 0.4) is 0 Å². The van der Waals surface area contributed by atoms with Gasteiger partial charge in [-0.3, -0.25) is 0 Å². The van der Waals surface area contributed by atoms with Crippen LogP contribution in [0.2, 0.25) is 0 Å². The van der Waals surface area contributed by atoms with Crippen molar-refractivity contribution in [2.24, 2.45) is 0 Å². The summed E-state index contributed by atoms with van der Waals surface area (Å²) in [5, 5.41) is 3.50. The standard InChI is InChI=1S/C17H25FN2/c1-20(15-5-3-2-4-6-15)17-11-13(7-10-16(17)18)12-19-14-8-9-14/h7,10-11,14-15,19H,2-6,8-9,12H2,1H3. The summed E-state index contributed by atoms with van der Waals surface area (Å²) in [5.74, 6) is -0.0896. The third kappa shape index (κ3) is 3.32. The molecule has 0 unspecified atom stereocenters. The summed E-state index contributed by atoms with van der Waals surface area (Å²) in [4.78, 5) is 2.16. The van der Waals surface area contributed by atoms with Crippen LogP contribution in [-0.4, -0.2) is 19.1 Å². The third-order valence-electron chi connectivity index (χ3n) is 4.69. The minimum Gasteiger partial charge on any atom is -0.369 e. The molecular formula is C17H25FN2. The molecule has 0 aromatic heterocycles. The molecule has 1 N–H and O–H groups in total. The van der Waals surface area contributed by atoms with Crippen LogP contribution in [0.5, 0.6) is 0 Å². The number of hydrogen-bond acceptors (Lipinski definition) is 2. The van der Waals surface area contributed by atoms with Gasteiger partial charge in [-0.15, -0.1) is 0 Å². The molecule has 2 nitrogen and oxygen atoms in total. The van der Waals surface area contributed by atoms with Crippen molar-refractivity contribution >= 4 is 5.69 Å². The van der Waals surface area contributed by atoms with E-state index in [9.17, 15) is 4.39 Å². The number of benzene rings is 1. The Morgan fingerprint density at radius 3 is 2.60 bits per heavy atom. The zero-order valence-corrected chi connectivity index (χ0v) is 12.4. The second-order valence-corrected chi connectivity index (χ2v) is 6.34. The predicted octanol–water partition coefficient (Wildman–Crippen LogP) is 3.85. The second kappa shape index (κ2) is 6.13. The first kappa shape index (κ1) is 13.9. The van der Waals surface area contributed by atoms with Gasteiger partial charge < -0.3 is 10.2 Å². The number of nitrogens with one attached hydrogen (secondary N) is 1. The van der Waals surface area contributed by atoms with Crippen molar-refractivity contribution < 1.29 is 4.39 Å². The fourth-order valence-electron chi connectivity index (χ4n) is 3.15. The van der Waals surface area contributed by atoms with Gasteiger partial charge >= 0.3 is 0 Å². The summed E-state index contributed by atoms with van der Waals surface area (Å²) in [6, 6.07) is 6.75. The first-order valence-electron chi connectivity index (χ1n) is 7.98. The Hall–Kier alpha value is -1.09. The average Bonchev–Trinajstić information content (AvgIpc) is 3.31. The number of anilines is 1. The Kier molecular flexibility index (Phi) is 4.25. The minimum atomic E-state index is -0.0896. The van der Waals surface area contributed by atoms with Crippen molar-refractivity contribution in [3.05, 3.63) is 29.6 Å². The summed E-state index contributed by atoms with van der Waals surface area (Å²) >= 11 is 0. The molecule has 2 fully saturated rings. The maximum absolute atomic E-state index is 14.1.